The summed E-state index contributed by atoms with van der Waals surface area (Å²) in [7, 11) is 3.77. The van der Waals surface area contributed by atoms with Crippen molar-refractivity contribution < 1.29 is 14.3 Å². The molecule has 1 saturated carbocycles. The summed E-state index contributed by atoms with van der Waals surface area (Å²) in [6.07, 6.45) is 3.06. The van der Waals surface area contributed by atoms with Crippen LogP contribution in [-0.2, 0) is 22.6 Å². The van der Waals surface area contributed by atoms with Crippen molar-refractivity contribution in [2.45, 2.75) is 32.2 Å². The third-order valence-corrected chi connectivity index (χ3v) is 8.14. The van der Waals surface area contributed by atoms with Gasteiger partial charge in [0.25, 0.3) is 0 Å². The Kier molecular flexibility index (Phi) is 9.77. The van der Waals surface area contributed by atoms with E-state index < -0.39 is 0 Å². The minimum atomic E-state index is -0.0596. The molecule has 1 aliphatic carbocycles. The monoisotopic (exact) mass is 569 g/mol. The number of carbonyl (C=O) groups is 2. The molecule has 3 N–H and O–H groups in total. The summed E-state index contributed by atoms with van der Waals surface area (Å²) < 4.78 is 5.25. The predicted octanol–water partition coefficient (Wildman–Crippen LogP) is 4.38. The van der Waals surface area contributed by atoms with Crippen LogP contribution in [0.3, 0.4) is 0 Å². The van der Waals surface area contributed by atoms with E-state index in [0.29, 0.717) is 19.6 Å². The zero-order valence-electron chi connectivity index (χ0n) is 24.9. The lowest BCUT2D eigenvalue weighted by molar-refractivity contribution is -0.133. The summed E-state index contributed by atoms with van der Waals surface area (Å²) in [6, 6.07) is 22.3. The number of ether oxygens (including phenoxy) is 1. The second-order valence-electron chi connectivity index (χ2n) is 11.5. The quantitative estimate of drug-likeness (QED) is 0.337. The summed E-state index contributed by atoms with van der Waals surface area (Å²) in [6.45, 7) is 5.59. The molecule has 3 aromatic rings. The fraction of sp³-hybridized carbons (Fsp3) is 0.412. The average molecular weight is 570 g/mol. The minimum absolute atomic E-state index is 0.0596. The molecule has 8 nitrogen and oxygen atoms in total. The van der Waals surface area contributed by atoms with Gasteiger partial charge in [-0.1, -0.05) is 36.4 Å². The summed E-state index contributed by atoms with van der Waals surface area (Å²) in [4.78, 5) is 32.8. The van der Waals surface area contributed by atoms with Crippen molar-refractivity contribution >= 4 is 23.2 Å². The molecule has 1 heterocycles. The number of methoxy groups -OCH3 is 1. The van der Waals surface area contributed by atoms with Crippen molar-refractivity contribution in [3.8, 4) is 16.9 Å². The Morgan fingerprint density at radius 1 is 0.952 bits per heavy atom. The molecular weight excluding hydrogens is 526 g/mol. The highest BCUT2D eigenvalue weighted by atomic mass is 16.5. The highest BCUT2D eigenvalue weighted by Gasteiger charge is 2.33. The molecule has 0 atom stereocenters. The van der Waals surface area contributed by atoms with E-state index in [1.54, 1.807) is 7.11 Å². The number of piperazine rings is 1. The molecule has 0 radical (unpaired) electrons. The van der Waals surface area contributed by atoms with Crippen LogP contribution < -0.4 is 20.7 Å². The molecule has 0 bridgehead atoms. The maximum atomic E-state index is 13.2. The maximum Gasteiger partial charge on any atom is 0.228 e. The normalized spacial score (nSPS) is 15.4. The third-order valence-electron chi connectivity index (χ3n) is 8.14. The number of anilines is 2. The molecular formula is C34H43N5O3. The van der Waals surface area contributed by atoms with Gasteiger partial charge >= 0.3 is 0 Å². The minimum Gasteiger partial charge on any atom is -0.497 e. The fourth-order valence-corrected chi connectivity index (χ4v) is 5.47. The first kappa shape index (κ1) is 29.6. The molecule has 42 heavy (non-hydrogen) atoms. The largest absolute Gasteiger partial charge is 0.497 e. The van der Waals surface area contributed by atoms with E-state index in [-0.39, 0.29) is 24.2 Å². The lowest BCUT2D eigenvalue weighted by Crippen LogP contribution is -2.44. The van der Waals surface area contributed by atoms with Crippen molar-refractivity contribution in [2.75, 3.05) is 63.6 Å². The van der Waals surface area contributed by atoms with Crippen LogP contribution in [0.2, 0.25) is 0 Å². The van der Waals surface area contributed by atoms with E-state index >= 15 is 0 Å². The second kappa shape index (κ2) is 13.9. The van der Waals surface area contributed by atoms with Gasteiger partial charge < -0.3 is 30.5 Å². The van der Waals surface area contributed by atoms with Gasteiger partial charge in [-0.2, -0.15) is 0 Å². The molecule has 2 amide bonds. The van der Waals surface area contributed by atoms with Crippen LogP contribution in [0.5, 0.6) is 5.75 Å². The molecule has 3 aromatic carbocycles. The number of nitrogens with two attached hydrogens (primary N) is 1. The van der Waals surface area contributed by atoms with Crippen molar-refractivity contribution in [3.05, 3.63) is 77.9 Å². The number of rotatable bonds is 12. The molecule has 1 aliphatic heterocycles. The van der Waals surface area contributed by atoms with Crippen LogP contribution >= 0.6 is 0 Å². The smallest absolute Gasteiger partial charge is 0.228 e. The van der Waals surface area contributed by atoms with E-state index in [1.807, 2.05) is 35.2 Å². The van der Waals surface area contributed by atoms with Gasteiger partial charge in [-0.25, -0.2) is 0 Å². The molecule has 2 fully saturated rings. The van der Waals surface area contributed by atoms with Gasteiger partial charge in [0.05, 0.1) is 24.9 Å². The Morgan fingerprint density at radius 3 is 2.38 bits per heavy atom. The summed E-state index contributed by atoms with van der Waals surface area (Å²) in [5.74, 6) is 1.13. The third kappa shape index (κ3) is 7.69. The van der Waals surface area contributed by atoms with Crippen molar-refractivity contribution in [1.29, 1.82) is 0 Å². The number of benzene rings is 3. The van der Waals surface area contributed by atoms with E-state index in [4.69, 9.17) is 10.5 Å². The first-order chi connectivity index (χ1) is 20.4. The first-order valence-corrected chi connectivity index (χ1v) is 15.0. The van der Waals surface area contributed by atoms with Gasteiger partial charge in [0.1, 0.15) is 5.75 Å². The molecule has 0 spiro atoms. The topological polar surface area (TPSA) is 91.1 Å². The molecule has 5 rings (SSSR count). The second-order valence-corrected chi connectivity index (χ2v) is 11.5. The number of hydrogen-bond donors (Lipinski definition) is 2. The van der Waals surface area contributed by atoms with Crippen molar-refractivity contribution in [1.82, 2.24) is 9.80 Å². The SMILES string of the molecule is COc1ccc(CC(=O)Nc2cc(-c3cccc(CN(CCCN)C(=O)C4CC4)c3)ccc2N2CCN(C)CC2)cc1. The Balaban J connectivity index is 1.38. The highest BCUT2D eigenvalue weighted by Crippen LogP contribution is 2.34. The van der Waals surface area contributed by atoms with Gasteiger partial charge in [0.2, 0.25) is 11.8 Å². The predicted molar refractivity (Wildman–Crippen MR) is 169 cm³/mol. The van der Waals surface area contributed by atoms with Gasteiger partial charge in [0.15, 0.2) is 0 Å². The molecule has 222 valence electrons. The number of nitrogens with zero attached hydrogens (tertiary/aromatic N) is 3. The maximum absolute atomic E-state index is 13.2. The molecule has 2 aliphatic rings. The summed E-state index contributed by atoms with van der Waals surface area (Å²) >= 11 is 0. The van der Waals surface area contributed by atoms with Gasteiger partial charge in [-0.15, -0.1) is 0 Å². The van der Waals surface area contributed by atoms with Crippen molar-refractivity contribution in [3.63, 3.8) is 0 Å². The van der Waals surface area contributed by atoms with E-state index in [9.17, 15) is 9.59 Å². The average Bonchev–Trinajstić information content (AvgIpc) is 3.86. The Morgan fingerprint density at radius 2 is 1.69 bits per heavy atom. The van der Waals surface area contributed by atoms with Gasteiger partial charge in [-0.05, 0) is 85.4 Å². The number of hydrogen-bond acceptors (Lipinski definition) is 6. The Hall–Kier alpha value is -3.88. The zero-order valence-corrected chi connectivity index (χ0v) is 24.9. The van der Waals surface area contributed by atoms with Crippen molar-refractivity contribution in [2.24, 2.45) is 11.7 Å². The first-order valence-electron chi connectivity index (χ1n) is 15.0. The lowest BCUT2D eigenvalue weighted by atomic mass is 10.0. The van der Waals surface area contributed by atoms with Gasteiger partial charge in [-0.3, -0.25) is 9.59 Å². The Bertz CT molecular complexity index is 1360. The number of likely N-dealkylation sites (N-methyl/N-ethyl adjacent to an activating group) is 1. The standard InChI is InChI=1S/C34H43N5O3/c1-37-17-19-38(20-18-37)32-14-11-29(23-31(32)36-33(40)22-25-7-12-30(42-2)13-8-25)28-6-3-5-26(21-28)24-39(16-4-15-35)34(41)27-9-10-27/h3,5-8,11-14,21,23,27H,4,9-10,15-20,22,24,35H2,1-2H3,(H,36,40). The van der Waals surface area contributed by atoms with Crippen LogP contribution in [0, 0.1) is 5.92 Å². The highest BCUT2D eigenvalue weighted by molar-refractivity contribution is 5.96. The fourth-order valence-electron chi connectivity index (χ4n) is 5.47. The van der Waals surface area contributed by atoms with Crippen LogP contribution in [-0.4, -0.2) is 75.0 Å². The van der Waals surface area contributed by atoms with E-state index in [1.165, 1.54) is 0 Å². The molecule has 0 aromatic heterocycles. The zero-order chi connectivity index (χ0) is 29.5. The molecule has 0 unspecified atom stereocenters. The summed E-state index contributed by atoms with van der Waals surface area (Å²) in [5.41, 5.74) is 11.7. The number of amides is 2. The van der Waals surface area contributed by atoms with Crippen LogP contribution in [0.25, 0.3) is 11.1 Å². The molecule has 8 heteroatoms. The lowest BCUT2D eigenvalue weighted by Gasteiger charge is -2.35. The number of nitrogens with one attached hydrogen (secondary N) is 1. The summed E-state index contributed by atoms with van der Waals surface area (Å²) in [5, 5.41) is 3.22. The Labute approximate surface area is 249 Å². The van der Waals surface area contributed by atoms with Crippen LogP contribution in [0.15, 0.2) is 66.7 Å². The molecule has 1 saturated heterocycles. The van der Waals surface area contributed by atoms with Crippen LogP contribution in [0.4, 0.5) is 11.4 Å². The van der Waals surface area contributed by atoms with E-state index in [0.717, 1.165) is 84.8 Å². The van der Waals surface area contributed by atoms with Crippen LogP contribution in [0.1, 0.15) is 30.4 Å². The van der Waals surface area contributed by atoms with Gasteiger partial charge in [0, 0.05) is 45.2 Å². The number of carbonyl (C=O) groups excluding carboxylic acids is 2. The van der Waals surface area contributed by atoms with E-state index in [2.05, 4.69) is 58.6 Å².